The summed E-state index contributed by atoms with van der Waals surface area (Å²) in [5.74, 6) is -0.424. The molecule has 0 saturated carbocycles. The van der Waals surface area contributed by atoms with Crippen molar-refractivity contribution < 1.29 is 18.7 Å². The summed E-state index contributed by atoms with van der Waals surface area (Å²) in [7, 11) is 3.97. The summed E-state index contributed by atoms with van der Waals surface area (Å²) in [5.41, 5.74) is 3.99. The van der Waals surface area contributed by atoms with Crippen LogP contribution in [0.5, 0.6) is 5.75 Å². The molecular weight excluding hydrogens is 559 g/mol. The van der Waals surface area contributed by atoms with E-state index in [2.05, 4.69) is 20.5 Å². The molecule has 1 saturated heterocycles. The number of hydrogen-bond donors (Lipinski definition) is 3. The molecule has 3 amide bonds. The third-order valence-electron chi connectivity index (χ3n) is 8.03. The lowest BCUT2D eigenvalue weighted by molar-refractivity contribution is -0.118. The fourth-order valence-corrected chi connectivity index (χ4v) is 5.78. The molecule has 1 aliphatic rings. The number of nitrogens with zero attached hydrogens (tertiary/aromatic N) is 3. The molecule has 3 N–H and O–H groups in total. The highest BCUT2D eigenvalue weighted by Crippen LogP contribution is 2.31. The van der Waals surface area contributed by atoms with Crippen LogP contribution in [0.4, 0.5) is 20.6 Å². The minimum Gasteiger partial charge on any atom is -0.492 e. The molecule has 2 heterocycles. The second-order valence-corrected chi connectivity index (χ2v) is 11.4. The molecule has 3 aromatic carbocycles. The highest BCUT2D eigenvalue weighted by atomic mass is 19.1. The van der Waals surface area contributed by atoms with Crippen LogP contribution < -0.4 is 20.3 Å². The van der Waals surface area contributed by atoms with Gasteiger partial charge in [-0.3, -0.25) is 4.79 Å². The van der Waals surface area contributed by atoms with Crippen molar-refractivity contribution in [2.75, 3.05) is 57.1 Å². The minimum absolute atomic E-state index is 0.282. The summed E-state index contributed by atoms with van der Waals surface area (Å²) in [6.45, 7) is 6.75. The van der Waals surface area contributed by atoms with Crippen LogP contribution in [-0.2, 0) is 11.3 Å². The molecule has 1 aliphatic heterocycles. The smallest absolute Gasteiger partial charge is 0.318 e. The van der Waals surface area contributed by atoms with Crippen LogP contribution in [0.2, 0.25) is 0 Å². The van der Waals surface area contributed by atoms with Crippen molar-refractivity contribution in [2.45, 2.75) is 32.4 Å². The maximum absolute atomic E-state index is 14.4. The highest BCUT2D eigenvalue weighted by Gasteiger charge is 2.33. The number of ether oxygens (including phenoxy) is 1. The van der Waals surface area contributed by atoms with Gasteiger partial charge in [0.25, 0.3) is 0 Å². The van der Waals surface area contributed by atoms with Crippen molar-refractivity contribution >= 4 is 34.2 Å². The molecule has 0 spiro atoms. The number of aromatic amines is 1. The van der Waals surface area contributed by atoms with Crippen molar-refractivity contribution in [2.24, 2.45) is 0 Å². The van der Waals surface area contributed by atoms with Crippen LogP contribution in [-0.4, -0.2) is 79.6 Å². The first kappa shape index (κ1) is 30.9. The Morgan fingerprint density at radius 2 is 1.75 bits per heavy atom. The van der Waals surface area contributed by atoms with Crippen molar-refractivity contribution in [1.29, 1.82) is 0 Å². The number of H-pyrrole nitrogens is 1. The summed E-state index contributed by atoms with van der Waals surface area (Å²) in [5, 5.41) is 7.10. The quantitative estimate of drug-likeness (QED) is 0.226. The average molecular weight is 601 g/mol. The highest BCUT2D eigenvalue weighted by molar-refractivity contribution is 5.99. The number of piperazine rings is 1. The Balaban J connectivity index is 1.38. The molecule has 1 aromatic heterocycles. The number of carbonyl (C=O) groups is 2. The van der Waals surface area contributed by atoms with E-state index in [-0.39, 0.29) is 23.7 Å². The third-order valence-corrected chi connectivity index (χ3v) is 8.03. The summed E-state index contributed by atoms with van der Waals surface area (Å²) < 4.78 is 20.2. The van der Waals surface area contributed by atoms with Crippen molar-refractivity contribution in [3.8, 4) is 5.75 Å². The van der Waals surface area contributed by atoms with Crippen molar-refractivity contribution in [3.05, 3.63) is 89.9 Å². The molecule has 1 fully saturated rings. The van der Waals surface area contributed by atoms with Crippen molar-refractivity contribution in [1.82, 2.24) is 20.1 Å². The molecule has 4 aromatic rings. The van der Waals surface area contributed by atoms with Gasteiger partial charge in [0.15, 0.2) is 0 Å². The van der Waals surface area contributed by atoms with Gasteiger partial charge in [0.2, 0.25) is 5.91 Å². The van der Waals surface area contributed by atoms with E-state index in [4.69, 9.17) is 4.74 Å². The van der Waals surface area contributed by atoms with E-state index < -0.39 is 6.04 Å². The number of para-hydroxylation sites is 2. The fourth-order valence-electron chi connectivity index (χ4n) is 5.78. The first-order valence-electron chi connectivity index (χ1n) is 15.1. The molecule has 0 unspecified atom stereocenters. The number of halogens is 1. The molecule has 5 rings (SSSR count). The predicted molar refractivity (Wildman–Crippen MR) is 173 cm³/mol. The number of carbonyl (C=O) groups excluding carboxylic acids is 2. The van der Waals surface area contributed by atoms with Crippen LogP contribution in [0.15, 0.2) is 72.9 Å². The first-order valence-corrected chi connectivity index (χ1v) is 15.1. The number of benzene rings is 3. The van der Waals surface area contributed by atoms with Gasteiger partial charge in [0.1, 0.15) is 17.6 Å². The second kappa shape index (κ2) is 13.8. The number of hydrogen-bond acceptors (Lipinski definition) is 5. The van der Waals surface area contributed by atoms with Crippen LogP contribution in [0.1, 0.15) is 30.9 Å². The van der Waals surface area contributed by atoms with Crippen LogP contribution in [0.3, 0.4) is 0 Å². The van der Waals surface area contributed by atoms with Gasteiger partial charge in [-0.05, 0) is 62.5 Å². The standard InChI is InChI=1S/C34H41FN6O3/c1-5-44-31-15-14-24(22-39(3)4)20-29(31)37-33(42)32(23(2)26-21-36-28-12-8-6-10-25(26)28)38-34(43)41-18-16-40(17-19-41)30-13-9-7-11-27(30)35/h6-15,20-21,23,32,36H,5,16-19,22H2,1-4H3,(H,37,42)(H,38,43)/t23-,32-/m1/s1. The lowest BCUT2D eigenvalue weighted by Gasteiger charge is -2.37. The monoisotopic (exact) mass is 600 g/mol. The first-order chi connectivity index (χ1) is 21.2. The van der Waals surface area contributed by atoms with E-state index >= 15 is 0 Å². The van der Waals surface area contributed by atoms with Crippen LogP contribution in [0.25, 0.3) is 10.9 Å². The minimum atomic E-state index is -0.890. The van der Waals surface area contributed by atoms with Gasteiger partial charge in [0.05, 0.1) is 18.0 Å². The molecule has 9 nitrogen and oxygen atoms in total. The molecule has 0 aliphatic carbocycles. The largest absolute Gasteiger partial charge is 0.492 e. The van der Waals surface area contributed by atoms with Crippen LogP contribution >= 0.6 is 0 Å². The summed E-state index contributed by atoms with van der Waals surface area (Å²) in [6.07, 6.45) is 1.90. The SMILES string of the molecule is CCOc1ccc(CN(C)C)cc1NC(=O)[C@H](NC(=O)N1CCN(c2ccccc2F)CC1)[C@H](C)c1c[nH]c2ccccc12. The maximum Gasteiger partial charge on any atom is 0.318 e. The van der Waals surface area contributed by atoms with E-state index in [1.54, 1.807) is 23.1 Å². The summed E-state index contributed by atoms with van der Waals surface area (Å²) >= 11 is 0. The molecule has 0 bridgehead atoms. The molecule has 44 heavy (non-hydrogen) atoms. The topological polar surface area (TPSA) is 92.9 Å². The van der Waals surface area contributed by atoms with E-state index in [0.29, 0.717) is 56.5 Å². The second-order valence-electron chi connectivity index (χ2n) is 11.4. The number of nitrogens with one attached hydrogen (secondary N) is 3. The van der Waals surface area contributed by atoms with E-state index in [0.717, 1.165) is 22.0 Å². The molecule has 0 radical (unpaired) electrons. The molecule has 10 heteroatoms. The van der Waals surface area contributed by atoms with E-state index in [1.807, 2.05) is 81.5 Å². The lowest BCUT2D eigenvalue weighted by atomic mass is 9.92. The molecule has 232 valence electrons. The molecular formula is C34H41FN6O3. The van der Waals surface area contributed by atoms with Gasteiger partial charge in [-0.25, -0.2) is 9.18 Å². The van der Waals surface area contributed by atoms with E-state index in [9.17, 15) is 14.0 Å². The number of amides is 3. The number of anilines is 2. The zero-order chi connectivity index (χ0) is 31.2. The number of urea groups is 1. The Hall–Kier alpha value is -4.57. The Morgan fingerprint density at radius 3 is 2.48 bits per heavy atom. The average Bonchev–Trinajstić information content (AvgIpc) is 3.45. The van der Waals surface area contributed by atoms with Crippen LogP contribution in [0, 0.1) is 5.82 Å². The van der Waals surface area contributed by atoms with Gasteiger partial charge >= 0.3 is 6.03 Å². The lowest BCUT2D eigenvalue weighted by Crippen LogP contribution is -2.56. The Bertz CT molecular complexity index is 1600. The number of rotatable bonds is 10. The zero-order valence-corrected chi connectivity index (χ0v) is 25.8. The zero-order valence-electron chi connectivity index (χ0n) is 25.8. The third kappa shape index (κ3) is 6.97. The number of fused-ring (bicyclic) bond motifs is 1. The Morgan fingerprint density at radius 1 is 1.02 bits per heavy atom. The normalized spacial score (nSPS) is 14.9. The Kier molecular flexibility index (Phi) is 9.69. The number of aromatic nitrogens is 1. The Labute approximate surface area is 258 Å². The van der Waals surface area contributed by atoms with E-state index in [1.165, 1.54) is 6.07 Å². The molecule has 2 atom stereocenters. The fraction of sp³-hybridized carbons (Fsp3) is 0.353. The van der Waals surface area contributed by atoms with Gasteiger partial charge in [-0.1, -0.05) is 43.3 Å². The van der Waals surface area contributed by atoms with Crippen molar-refractivity contribution in [3.63, 3.8) is 0 Å². The maximum atomic E-state index is 14.4. The summed E-state index contributed by atoms with van der Waals surface area (Å²) in [6, 6.07) is 19.1. The predicted octanol–water partition coefficient (Wildman–Crippen LogP) is 5.41. The summed E-state index contributed by atoms with van der Waals surface area (Å²) in [4.78, 5) is 36.7. The van der Waals surface area contributed by atoms with Gasteiger partial charge < -0.3 is 35.1 Å². The van der Waals surface area contributed by atoms with Gasteiger partial charge in [0, 0.05) is 55.7 Å². The van der Waals surface area contributed by atoms with Gasteiger partial charge in [-0.15, -0.1) is 0 Å². The van der Waals surface area contributed by atoms with Gasteiger partial charge in [-0.2, -0.15) is 0 Å².